The summed E-state index contributed by atoms with van der Waals surface area (Å²) in [5.41, 5.74) is -0.402. The smallest absolute Gasteiger partial charge is 0.319 e. The molecule has 1 N–H and O–H groups in total. The number of thioether (sulfide) groups is 1. The number of carbonyl (C=O) groups is 3. The normalized spacial score (nSPS) is 18.4. The molecule has 0 radical (unpaired) electrons. The Labute approximate surface area is 170 Å². The lowest BCUT2D eigenvalue weighted by atomic mass is 9.78. The molecule has 0 aromatic heterocycles. The molecular weight excluding hydrogens is 402 g/mol. The van der Waals surface area contributed by atoms with Gasteiger partial charge in [0.15, 0.2) is 0 Å². The first kappa shape index (κ1) is 21.9. The van der Waals surface area contributed by atoms with Crippen molar-refractivity contribution in [3.05, 3.63) is 50.5 Å². The summed E-state index contributed by atoms with van der Waals surface area (Å²) >= 11 is 0.845. The molecule has 0 saturated heterocycles. The molecule has 0 unspecified atom stereocenters. The van der Waals surface area contributed by atoms with Crippen LogP contribution in [0.4, 0.5) is 5.69 Å². The summed E-state index contributed by atoms with van der Waals surface area (Å²) in [6.45, 7) is 1.80. The lowest BCUT2D eigenvalue weighted by Crippen LogP contribution is -2.44. The summed E-state index contributed by atoms with van der Waals surface area (Å²) < 4.78 is 9.51. The Balaban J connectivity index is 2.61. The van der Waals surface area contributed by atoms with Crippen LogP contribution in [0.5, 0.6) is 0 Å². The Morgan fingerprint density at radius 2 is 2.07 bits per heavy atom. The number of para-hydroxylation sites is 1. The van der Waals surface area contributed by atoms with Gasteiger partial charge in [0.2, 0.25) is 5.91 Å². The molecule has 0 saturated carbocycles. The molecule has 1 aliphatic rings. The van der Waals surface area contributed by atoms with Crippen LogP contribution in [-0.2, 0) is 23.9 Å². The van der Waals surface area contributed by atoms with E-state index >= 15 is 0 Å². The summed E-state index contributed by atoms with van der Waals surface area (Å²) in [6.07, 6.45) is 0. The van der Waals surface area contributed by atoms with E-state index in [-0.39, 0.29) is 34.2 Å². The van der Waals surface area contributed by atoms with Crippen LogP contribution < -0.4 is 5.32 Å². The fourth-order valence-corrected chi connectivity index (χ4v) is 3.75. The van der Waals surface area contributed by atoms with Crippen LogP contribution in [0.25, 0.3) is 0 Å². The van der Waals surface area contributed by atoms with E-state index in [0.29, 0.717) is 0 Å². The van der Waals surface area contributed by atoms with Crippen molar-refractivity contribution in [2.24, 2.45) is 5.92 Å². The molecule has 1 aliphatic heterocycles. The number of ether oxygens (including phenoxy) is 2. The molecule has 2 atom stereocenters. The average molecular weight is 419 g/mol. The fourth-order valence-electron chi connectivity index (χ4n) is 2.91. The second kappa shape index (κ2) is 9.70. The number of allylic oxidation sites excluding steroid dienone is 1. The van der Waals surface area contributed by atoms with Gasteiger partial charge in [0.1, 0.15) is 5.92 Å². The van der Waals surface area contributed by atoms with Crippen molar-refractivity contribution in [2.75, 3.05) is 19.5 Å². The quantitative estimate of drug-likeness (QED) is 0.301. The van der Waals surface area contributed by atoms with Crippen molar-refractivity contribution in [2.45, 2.75) is 12.8 Å². The molecule has 152 valence electrons. The molecule has 11 heteroatoms. The summed E-state index contributed by atoms with van der Waals surface area (Å²) in [5, 5.41) is 23.7. The zero-order valence-electron chi connectivity index (χ0n) is 15.5. The Morgan fingerprint density at radius 3 is 2.66 bits per heavy atom. The first-order chi connectivity index (χ1) is 13.8. The highest BCUT2D eigenvalue weighted by atomic mass is 32.2. The van der Waals surface area contributed by atoms with Crippen molar-refractivity contribution in [1.29, 1.82) is 5.26 Å². The number of benzene rings is 1. The Hall–Kier alpha value is -3.39. The number of nitro groups is 1. The van der Waals surface area contributed by atoms with Gasteiger partial charge in [0.25, 0.3) is 5.69 Å². The van der Waals surface area contributed by atoms with E-state index in [4.69, 9.17) is 4.74 Å². The number of methoxy groups -OCH3 is 1. The maximum absolute atomic E-state index is 12.6. The van der Waals surface area contributed by atoms with Crippen molar-refractivity contribution >= 4 is 35.3 Å². The molecule has 0 aliphatic carbocycles. The summed E-state index contributed by atoms with van der Waals surface area (Å²) in [4.78, 5) is 47.4. The molecule has 0 bridgehead atoms. The minimum Gasteiger partial charge on any atom is -0.468 e. The third-order valence-corrected chi connectivity index (χ3v) is 5.08. The largest absolute Gasteiger partial charge is 0.468 e. The lowest BCUT2D eigenvalue weighted by molar-refractivity contribution is -0.385. The Kier molecular flexibility index (Phi) is 7.33. The SMILES string of the molecule is CCOC(=O)CSC1=C(C#N)[C@H](c2ccccc2[N+](=O)[O-])[C@@H](C(=O)OC)C(=O)N1. The highest BCUT2D eigenvalue weighted by molar-refractivity contribution is 8.03. The monoisotopic (exact) mass is 419 g/mol. The minimum atomic E-state index is -1.50. The van der Waals surface area contributed by atoms with Crippen molar-refractivity contribution in [3.8, 4) is 6.07 Å². The van der Waals surface area contributed by atoms with E-state index in [9.17, 15) is 29.8 Å². The van der Waals surface area contributed by atoms with Crippen LogP contribution in [-0.4, -0.2) is 42.2 Å². The number of nitrogens with one attached hydrogen (secondary N) is 1. The highest BCUT2D eigenvalue weighted by Gasteiger charge is 2.46. The van der Waals surface area contributed by atoms with Gasteiger partial charge in [-0.2, -0.15) is 5.26 Å². The predicted octanol–water partition coefficient (Wildman–Crippen LogP) is 1.63. The molecule has 1 amide bonds. The number of nitro benzene ring substituents is 1. The van der Waals surface area contributed by atoms with Crippen LogP contribution in [0.2, 0.25) is 0 Å². The molecule has 2 rings (SSSR count). The van der Waals surface area contributed by atoms with Gasteiger partial charge in [-0.1, -0.05) is 30.0 Å². The zero-order chi connectivity index (χ0) is 21.6. The number of esters is 2. The van der Waals surface area contributed by atoms with Crippen LogP contribution in [0.3, 0.4) is 0 Å². The standard InChI is InChI=1S/C18H17N3O7S/c1-3-28-13(22)9-29-17-11(8-19)14(15(16(23)20-17)18(24)27-2)10-6-4-5-7-12(10)21(25)26/h4-7,14-15H,3,9H2,1-2H3,(H,20,23)/t14-,15+/m0/s1. The van der Waals surface area contributed by atoms with Crippen molar-refractivity contribution in [1.82, 2.24) is 5.32 Å². The molecule has 1 heterocycles. The van der Waals surface area contributed by atoms with E-state index in [1.165, 1.54) is 24.3 Å². The van der Waals surface area contributed by atoms with Gasteiger partial charge < -0.3 is 14.8 Å². The highest BCUT2D eigenvalue weighted by Crippen LogP contribution is 2.43. The second-order valence-corrected chi connectivity index (χ2v) is 6.72. The van der Waals surface area contributed by atoms with Crippen LogP contribution in [0.1, 0.15) is 18.4 Å². The number of hydrogen-bond donors (Lipinski definition) is 1. The van der Waals surface area contributed by atoms with Gasteiger partial charge in [-0.25, -0.2) is 0 Å². The predicted molar refractivity (Wildman–Crippen MR) is 101 cm³/mol. The average Bonchev–Trinajstić information content (AvgIpc) is 2.71. The molecule has 1 aromatic carbocycles. The first-order valence-corrected chi connectivity index (χ1v) is 9.38. The number of amides is 1. The number of hydrogen-bond acceptors (Lipinski definition) is 9. The summed E-state index contributed by atoms with van der Waals surface area (Å²) in [7, 11) is 1.08. The molecule has 1 aromatic rings. The van der Waals surface area contributed by atoms with Crippen molar-refractivity contribution < 1.29 is 28.8 Å². The van der Waals surface area contributed by atoms with Crippen LogP contribution in [0, 0.1) is 27.4 Å². The fraction of sp³-hybridized carbons (Fsp3) is 0.333. The Morgan fingerprint density at radius 1 is 1.38 bits per heavy atom. The second-order valence-electron chi connectivity index (χ2n) is 5.73. The number of nitriles is 1. The van der Waals surface area contributed by atoms with E-state index in [1.807, 2.05) is 6.07 Å². The van der Waals surface area contributed by atoms with Gasteiger partial charge >= 0.3 is 11.9 Å². The molecule has 10 nitrogen and oxygen atoms in total. The zero-order valence-corrected chi connectivity index (χ0v) is 16.4. The number of carbonyl (C=O) groups excluding carboxylic acids is 3. The maximum Gasteiger partial charge on any atom is 0.319 e. The van der Waals surface area contributed by atoms with Gasteiger partial charge in [0.05, 0.1) is 47.0 Å². The minimum absolute atomic E-state index is 0.0218. The lowest BCUT2D eigenvalue weighted by Gasteiger charge is -2.30. The third-order valence-electron chi connectivity index (χ3n) is 4.09. The van der Waals surface area contributed by atoms with Crippen LogP contribution >= 0.6 is 11.8 Å². The Bertz CT molecular complexity index is 922. The molecule has 0 fully saturated rings. The van der Waals surface area contributed by atoms with E-state index in [1.54, 1.807) is 6.92 Å². The number of rotatable bonds is 7. The topological polar surface area (TPSA) is 149 Å². The van der Waals surface area contributed by atoms with Gasteiger partial charge in [-0.05, 0) is 6.92 Å². The summed E-state index contributed by atoms with van der Waals surface area (Å²) in [5.74, 6) is -5.22. The van der Waals surface area contributed by atoms with Crippen LogP contribution in [0.15, 0.2) is 34.9 Å². The summed E-state index contributed by atoms with van der Waals surface area (Å²) in [6, 6.07) is 7.45. The molecule has 0 spiro atoms. The van der Waals surface area contributed by atoms with E-state index in [2.05, 4.69) is 10.1 Å². The van der Waals surface area contributed by atoms with Gasteiger partial charge in [-0.15, -0.1) is 0 Å². The van der Waals surface area contributed by atoms with E-state index in [0.717, 1.165) is 18.9 Å². The molecular formula is C18H17N3O7S. The molecule has 29 heavy (non-hydrogen) atoms. The third kappa shape index (κ3) is 4.72. The first-order valence-electron chi connectivity index (χ1n) is 8.40. The maximum atomic E-state index is 12.6. The van der Waals surface area contributed by atoms with Gasteiger partial charge in [0, 0.05) is 11.6 Å². The van der Waals surface area contributed by atoms with Gasteiger partial charge in [-0.3, -0.25) is 24.5 Å². The van der Waals surface area contributed by atoms with E-state index < -0.39 is 34.6 Å². The van der Waals surface area contributed by atoms with Crippen molar-refractivity contribution in [3.63, 3.8) is 0 Å². The number of nitrogens with zero attached hydrogens (tertiary/aromatic N) is 2.